The van der Waals surface area contributed by atoms with Crippen molar-refractivity contribution >= 4 is 5.97 Å². The number of nitrogens with zero attached hydrogens (tertiary/aromatic N) is 1. The summed E-state index contributed by atoms with van der Waals surface area (Å²) >= 11 is 0. The van der Waals surface area contributed by atoms with E-state index in [0.29, 0.717) is 12.5 Å². The molecule has 0 amide bonds. The van der Waals surface area contributed by atoms with E-state index in [1.807, 2.05) is 7.05 Å². The second-order valence-corrected chi connectivity index (χ2v) is 4.01. The van der Waals surface area contributed by atoms with E-state index >= 15 is 0 Å². The summed E-state index contributed by atoms with van der Waals surface area (Å²) in [6.07, 6.45) is 2.74. The number of likely N-dealkylation sites (tertiary alicyclic amines) is 1. The van der Waals surface area contributed by atoms with Gasteiger partial charge in [0.2, 0.25) is 0 Å². The van der Waals surface area contributed by atoms with E-state index in [0.717, 1.165) is 19.6 Å². The van der Waals surface area contributed by atoms with Crippen LogP contribution in [0.25, 0.3) is 0 Å². The third kappa shape index (κ3) is 4.07. The zero-order chi connectivity index (χ0) is 10.4. The van der Waals surface area contributed by atoms with Gasteiger partial charge in [0.05, 0.1) is 6.42 Å². The number of aliphatic carboxylic acids is 1. The number of rotatable bonds is 5. The number of nitrogens with one attached hydrogen (secondary N) is 1. The molecule has 1 aliphatic rings. The maximum absolute atomic E-state index is 10.4. The van der Waals surface area contributed by atoms with Gasteiger partial charge in [0.1, 0.15) is 0 Å². The summed E-state index contributed by atoms with van der Waals surface area (Å²) in [5, 5.41) is 11.8. The molecule has 82 valence electrons. The van der Waals surface area contributed by atoms with E-state index in [1.165, 1.54) is 12.8 Å². The highest BCUT2D eigenvalue weighted by Crippen LogP contribution is 2.15. The van der Waals surface area contributed by atoms with Crippen LogP contribution in [0.3, 0.4) is 0 Å². The smallest absolute Gasteiger partial charge is 0.304 e. The lowest BCUT2D eigenvalue weighted by Gasteiger charge is -2.32. The van der Waals surface area contributed by atoms with Gasteiger partial charge in [0.25, 0.3) is 0 Å². The lowest BCUT2D eigenvalue weighted by molar-refractivity contribution is -0.137. The molecule has 4 nitrogen and oxygen atoms in total. The number of carbonyl (C=O) groups is 1. The lowest BCUT2D eigenvalue weighted by Crippen LogP contribution is -2.39. The van der Waals surface area contributed by atoms with E-state index in [2.05, 4.69) is 10.2 Å². The fraction of sp³-hybridized carbons (Fsp3) is 0.900. The molecule has 1 atom stereocenters. The molecule has 1 fully saturated rings. The van der Waals surface area contributed by atoms with Gasteiger partial charge in [0, 0.05) is 13.1 Å². The standard InChI is InChI=1S/C10H20N2O2/c1-11-7-9-3-2-5-12(8-9)6-4-10(13)14/h9,11H,2-8H2,1H3,(H,13,14). The van der Waals surface area contributed by atoms with Crippen molar-refractivity contribution in [3.8, 4) is 0 Å². The Kier molecular flexibility index (Phi) is 4.90. The molecule has 1 unspecified atom stereocenters. The monoisotopic (exact) mass is 200 g/mol. The van der Waals surface area contributed by atoms with Crippen LogP contribution in [0.4, 0.5) is 0 Å². The van der Waals surface area contributed by atoms with Gasteiger partial charge >= 0.3 is 5.97 Å². The van der Waals surface area contributed by atoms with Crippen LogP contribution in [0.5, 0.6) is 0 Å². The Morgan fingerprint density at radius 1 is 1.64 bits per heavy atom. The molecule has 0 aromatic rings. The Hall–Kier alpha value is -0.610. The summed E-state index contributed by atoms with van der Waals surface area (Å²) in [7, 11) is 1.97. The first-order chi connectivity index (χ1) is 6.72. The van der Waals surface area contributed by atoms with Crippen LogP contribution in [0, 0.1) is 5.92 Å². The molecule has 2 N–H and O–H groups in total. The third-order valence-corrected chi connectivity index (χ3v) is 2.74. The average molecular weight is 200 g/mol. The summed E-state index contributed by atoms with van der Waals surface area (Å²) in [5.41, 5.74) is 0. The molecule has 1 saturated heterocycles. The van der Waals surface area contributed by atoms with Crippen molar-refractivity contribution in [1.29, 1.82) is 0 Å². The zero-order valence-corrected chi connectivity index (χ0v) is 8.83. The summed E-state index contributed by atoms with van der Waals surface area (Å²) < 4.78 is 0. The normalized spacial score (nSPS) is 23.6. The van der Waals surface area contributed by atoms with Gasteiger partial charge in [-0.2, -0.15) is 0 Å². The Labute approximate surface area is 85.3 Å². The lowest BCUT2D eigenvalue weighted by atomic mass is 9.98. The van der Waals surface area contributed by atoms with Crippen LogP contribution >= 0.6 is 0 Å². The van der Waals surface area contributed by atoms with Gasteiger partial charge in [0.15, 0.2) is 0 Å². The van der Waals surface area contributed by atoms with Crippen molar-refractivity contribution in [3.63, 3.8) is 0 Å². The third-order valence-electron chi connectivity index (χ3n) is 2.74. The minimum atomic E-state index is -0.694. The molecule has 0 radical (unpaired) electrons. The van der Waals surface area contributed by atoms with Gasteiger partial charge < -0.3 is 15.3 Å². The Morgan fingerprint density at radius 3 is 3.07 bits per heavy atom. The van der Waals surface area contributed by atoms with Crippen LogP contribution in [0.1, 0.15) is 19.3 Å². The number of piperidine rings is 1. The minimum absolute atomic E-state index is 0.270. The first kappa shape index (κ1) is 11.5. The summed E-state index contributed by atoms with van der Waals surface area (Å²) in [4.78, 5) is 12.7. The molecule has 0 aliphatic carbocycles. The van der Waals surface area contributed by atoms with Crippen molar-refractivity contribution in [3.05, 3.63) is 0 Å². The van der Waals surface area contributed by atoms with E-state index in [9.17, 15) is 4.79 Å². The van der Waals surface area contributed by atoms with Crippen LogP contribution in [-0.4, -0.2) is 49.2 Å². The highest BCUT2D eigenvalue weighted by molar-refractivity contribution is 5.66. The second kappa shape index (κ2) is 5.98. The fourth-order valence-electron chi connectivity index (χ4n) is 2.06. The predicted octanol–water partition coefficient (Wildman–Crippen LogP) is 0.393. The molecule has 0 aromatic heterocycles. The van der Waals surface area contributed by atoms with E-state index in [-0.39, 0.29) is 6.42 Å². The Bertz CT molecular complexity index is 183. The van der Waals surface area contributed by atoms with Crippen LogP contribution in [0.2, 0.25) is 0 Å². The zero-order valence-electron chi connectivity index (χ0n) is 8.83. The molecule has 14 heavy (non-hydrogen) atoms. The summed E-state index contributed by atoms with van der Waals surface area (Å²) in [6, 6.07) is 0. The molecule has 1 aliphatic heterocycles. The van der Waals surface area contributed by atoms with Gasteiger partial charge in [-0.3, -0.25) is 4.79 Å². The molecular formula is C10H20N2O2. The molecule has 0 bridgehead atoms. The van der Waals surface area contributed by atoms with E-state index in [4.69, 9.17) is 5.11 Å². The van der Waals surface area contributed by atoms with E-state index in [1.54, 1.807) is 0 Å². The van der Waals surface area contributed by atoms with Gasteiger partial charge in [-0.15, -0.1) is 0 Å². The first-order valence-corrected chi connectivity index (χ1v) is 5.31. The number of carboxylic acid groups (broad SMARTS) is 1. The maximum atomic E-state index is 10.4. The van der Waals surface area contributed by atoms with Crippen molar-refractivity contribution < 1.29 is 9.90 Å². The number of hydrogen-bond donors (Lipinski definition) is 2. The quantitative estimate of drug-likeness (QED) is 0.674. The average Bonchev–Trinajstić information content (AvgIpc) is 2.16. The SMILES string of the molecule is CNCC1CCCN(CCC(=O)O)C1. The molecule has 1 heterocycles. The van der Waals surface area contributed by atoms with Crippen molar-refractivity contribution in [2.45, 2.75) is 19.3 Å². The highest BCUT2D eigenvalue weighted by atomic mass is 16.4. The largest absolute Gasteiger partial charge is 0.481 e. The van der Waals surface area contributed by atoms with Crippen molar-refractivity contribution in [1.82, 2.24) is 10.2 Å². The Morgan fingerprint density at radius 2 is 2.43 bits per heavy atom. The first-order valence-electron chi connectivity index (χ1n) is 5.31. The summed E-state index contributed by atoms with van der Waals surface area (Å²) in [6.45, 7) is 3.86. The van der Waals surface area contributed by atoms with Crippen LogP contribution < -0.4 is 5.32 Å². The Balaban J connectivity index is 2.21. The predicted molar refractivity (Wildman–Crippen MR) is 55.3 cm³/mol. The topological polar surface area (TPSA) is 52.6 Å². The molecule has 0 spiro atoms. The second-order valence-electron chi connectivity index (χ2n) is 4.01. The van der Waals surface area contributed by atoms with Gasteiger partial charge in [-0.05, 0) is 38.9 Å². The molecule has 4 heteroatoms. The molecule has 1 rings (SSSR count). The minimum Gasteiger partial charge on any atom is -0.481 e. The fourth-order valence-corrected chi connectivity index (χ4v) is 2.06. The summed E-state index contributed by atoms with van der Waals surface area (Å²) in [5.74, 6) is 0.00304. The van der Waals surface area contributed by atoms with Crippen LogP contribution in [-0.2, 0) is 4.79 Å². The highest BCUT2D eigenvalue weighted by Gasteiger charge is 2.19. The van der Waals surface area contributed by atoms with Gasteiger partial charge in [-0.25, -0.2) is 0 Å². The number of hydrogen-bond acceptors (Lipinski definition) is 3. The molecule has 0 aromatic carbocycles. The molecule has 0 saturated carbocycles. The molecular weight excluding hydrogens is 180 g/mol. The van der Waals surface area contributed by atoms with Crippen LogP contribution in [0.15, 0.2) is 0 Å². The van der Waals surface area contributed by atoms with E-state index < -0.39 is 5.97 Å². The van der Waals surface area contributed by atoms with Gasteiger partial charge in [-0.1, -0.05) is 0 Å². The maximum Gasteiger partial charge on any atom is 0.304 e. The van der Waals surface area contributed by atoms with Crippen molar-refractivity contribution in [2.24, 2.45) is 5.92 Å². The van der Waals surface area contributed by atoms with Crippen molar-refractivity contribution in [2.75, 3.05) is 33.2 Å². The number of carboxylic acids is 1.